The van der Waals surface area contributed by atoms with Gasteiger partial charge >= 0.3 is 5.97 Å². The number of aliphatic hydroxyl groups is 1. The molecule has 0 saturated heterocycles. The largest absolute Gasteiger partial charge is 0.480 e. The van der Waals surface area contributed by atoms with Gasteiger partial charge in [0.2, 0.25) is 5.91 Å². The number of hydrogen-bond acceptors (Lipinski definition) is 5. The van der Waals surface area contributed by atoms with Gasteiger partial charge in [-0.15, -0.1) is 0 Å². The summed E-state index contributed by atoms with van der Waals surface area (Å²) in [6, 6.07) is 0.930. The Morgan fingerprint density at radius 1 is 1.35 bits per heavy atom. The van der Waals surface area contributed by atoms with Crippen molar-refractivity contribution in [3.05, 3.63) is 24.3 Å². The van der Waals surface area contributed by atoms with Gasteiger partial charge in [-0.2, -0.15) is 0 Å². The van der Waals surface area contributed by atoms with Crippen LogP contribution in [0.1, 0.15) is 38.9 Å². The van der Waals surface area contributed by atoms with Crippen LogP contribution in [0, 0.1) is 12.8 Å². The molecular weight excluding hydrogens is 336 g/mol. The zero-order valence-electron chi connectivity index (χ0n) is 15.3. The molecule has 0 aliphatic rings. The Hall–Kier alpha value is -2.48. The Morgan fingerprint density at radius 2 is 2.08 bits per heavy atom. The number of aliphatic hydroxyl groups excluding tert-OH is 1. The van der Waals surface area contributed by atoms with E-state index in [0.717, 1.165) is 16.9 Å². The molecule has 2 heterocycles. The number of carbonyl (C=O) groups excluding carboxylic acids is 1. The fraction of sp³-hybridized carbons (Fsp3) is 0.556. The Balaban J connectivity index is 1.89. The van der Waals surface area contributed by atoms with Gasteiger partial charge in [-0.3, -0.25) is 9.78 Å². The topological polar surface area (TPSA) is 117 Å². The zero-order valence-corrected chi connectivity index (χ0v) is 15.3. The first-order valence-electron chi connectivity index (χ1n) is 8.75. The molecule has 3 N–H and O–H groups in total. The molecule has 0 bridgehead atoms. The van der Waals surface area contributed by atoms with Crippen LogP contribution in [0.25, 0.3) is 11.0 Å². The lowest BCUT2D eigenvalue weighted by Gasteiger charge is -2.18. The Labute approximate surface area is 152 Å². The summed E-state index contributed by atoms with van der Waals surface area (Å²) < 4.78 is 1.97. The number of fused-ring (bicyclic) bond motifs is 1. The van der Waals surface area contributed by atoms with Gasteiger partial charge in [-0.25, -0.2) is 9.78 Å². The molecule has 142 valence electrons. The average molecular weight is 362 g/mol. The number of nitrogens with one attached hydrogen (secondary N) is 1. The second kappa shape index (κ2) is 8.75. The molecule has 2 aromatic heterocycles. The van der Waals surface area contributed by atoms with E-state index in [1.165, 1.54) is 0 Å². The fourth-order valence-electron chi connectivity index (χ4n) is 2.92. The highest BCUT2D eigenvalue weighted by Gasteiger charge is 2.22. The maximum absolute atomic E-state index is 12.0. The quantitative estimate of drug-likeness (QED) is 0.622. The molecule has 0 radical (unpaired) electrons. The van der Waals surface area contributed by atoms with Crippen LogP contribution in [0.5, 0.6) is 0 Å². The summed E-state index contributed by atoms with van der Waals surface area (Å²) in [4.78, 5) is 31.7. The Bertz CT molecular complexity index is 772. The SMILES string of the molecule is Cc1nc2cnccc2n1CCC(O)CC(=O)N[C@@H](CC(C)C)C(=O)O. The number of carbonyl (C=O) groups is 2. The van der Waals surface area contributed by atoms with Gasteiger partial charge in [0.25, 0.3) is 0 Å². The van der Waals surface area contributed by atoms with Crippen LogP contribution in [0.2, 0.25) is 0 Å². The molecule has 2 aromatic rings. The van der Waals surface area contributed by atoms with Crippen LogP contribution in [-0.4, -0.2) is 48.8 Å². The summed E-state index contributed by atoms with van der Waals surface area (Å²) in [7, 11) is 0. The molecule has 0 fully saturated rings. The summed E-state index contributed by atoms with van der Waals surface area (Å²) >= 11 is 0. The molecule has 2 rings (SSSR count). The van der Waals surface area contributed by atoms with Crippen molar-refractivity contribution in [2.75, 3.05) is 0 Å². The standard InChI is InChI=1S/C18H26N4O4/c1-11(2)8-14(18(25)26)21-17(24)9-13(23)5-7-22-12(3)20-15-10-19-6-4-16(15)22/h4,6,10-11,13-14,23H,5,7-9H2,1-3H3,(H,21,24)(H,25,26)/t13?,14-/m0/s1. The van der Waals surface area contributed by atoms with Gasteiger partial charge in [0, 0.05) is 12.7 Å². The minimum atomic E-state index is -1.06. The van der Waals surface area contributed by atoms with Gasteiger partial charge in [-0.05, 0) is 31.7 Å². The van der Waals surface area contributed by atoms with Crippen molar-refractivity contribution < 1.29 is 19.8 Å². The molecule has 1 amide bonds. The smallest absolute Gasteiger partial charge is 0.326 e. The van der Waals surface area contributed by atoms with Crippen LogP contribution < -0.4 is 5.32 Å². The number of imidazole rings is 1. The van der Waals surface area contributed by atoms with Gasteiger partial charge in [-0.1, -0.05) is 13.8 Å². The Morgan fingerprint density at radius 3 is 2.73 bits per heavy atom. The molecule has 8 heteroatoms. The van der Waals surface area contributed by atoms with E-state index in [1.54, 1.807) is 12.4 Å². The van der Waals surface area contributed by atoms with Crippen molar-refractivity contribution in [3.8, 4) is 0 Å². The van der Waals surface area contributed by atoms with Crippen molar-refractivity contribution in [2.24, 2.45) is 5.92 Å². The third kappa shape index (κ3) is 5.26. The van der Waals surface area contributed by atoms with Crippen molar-refractivity contribution in [1.29, 1.82) is 0 Å². The molecule has 8 nitrogen and oxygen atoms in total. The monoisotopic (exact) mass is 362 g/mol. The Kier molecular flexibility index (Phi) is 6.68. The first kappa shape index (κ1) is 19.8. The van der Waals surface area contributed by atoms with Crippen molar-refractivity contribution in [1.82, 2.24) is 19.9 Å². The lowest BCUT2D eigenvalue weighted by atomic mass is 10.0. The van der Waals surface area contributed by atoms with E-state index >= 15 is 0 Å². The van der Waals surface area contributed by atoms with E-state index in [0.29, 0.717) is 19.4 Å². The number of rotatable bonds is 9. The van der Waals surface area contributed by atoms with E-state index in [1.807, 2.05) is 31.4 Å². The van der Waals surface area contributed by atoms with Gasteiger partial charge in [0.1, 0.15) is 17.4 Å². The molecule has 0 aromatic carbocycles. The van der Waals surface area contributed by atoms with E-state index in [4.69, 9.17) is 0 Å². The number of aryl methyl sites for hydroxylation is 2. The van der Waals surface area contributed by atoms with E-state index in [2.05, 4.69) is 15.3 Å². The third-order valence-electron chi connectivity index (χ3n) is 4.19. The van der Waals surface area contributed by atoms with E-state index in [-0.39, 0.29) is 12.3 Å². The third-order valence-corrected chi connectivity index (χ3v) is 4.19. The molecule has 26 heavy (non-hydrogen) atoms. The average Bonchev–Trinajstić information content (AvgIpc) is 2.87. The number of aromatic nitrogens is 3. The first-order valence-corrected chi connectivity index (χ1v) is 8.75. The van der Waals surface area contributed by atoms with Gasteiger partial charge < -0.3 is 20.1 Å². The summed E-state index contributed by atoms with van der Waals surface area (Å²) in [5.41, 5.74) is 1.72. The highest BCUT2D eigenvalue weighted by Crippen LogP contribution is 2.15. The van der Waals surface area contributed by atoms with Gasteiger partial charge in [0.05, 0.1) is 24.2 Å². The number of aliphatic carboxylic acids is 1. The zero-order chi connectivity index (χ0) is 19.3. The maximum atomic E-state index is 12.0. The van der Waals surface area contributed by atoms with Crippen LogP contribution in [0.4, 0.5) is 0 Å². The summed E-state index contributed by atoms with van der Waals surface area (Å²) in [5, 5.41) is 21.8. The van der Waals surface area contributed by atoms with E-state index in [9.17, 15) is 19.8 Å². The first-order chi connectivity index (χ1) is 12.3. The number of nitrogens with zero attached hydrogens (tertiary/aromatic N) is 3. The van der Waals surface area contributed by atoms with Crippen LogP contribution >= 0.6 is 0 Å². The lowest BCUT2D eigenvalue weighted by molar-refractivity contribution is -0.142. The lowest BCUT2D eigenvalue weighted by Crippen LogP contribution is -2.42. The number of pyridine rings is 1. The normalized spacial score (nSPS) is 13.7. The molecule has 1 unspecified atom stereocenters. The highest BCUT2D eigenvalue weighted by molar-refractivity contribution is 5.83. The molecule has 0 saturated carbocycles. The number of carboxylic acid groups (broad SMARTS) is 1. The predicted molar refractivity (Wildman–Crippen MR) is 96.5 cm³/mol. The molecule has 0 aliphatic heterocycles. The summed E-state index contributed by atoms with van der Waals surface area (Å²) in [5.74, 6) is -0.557. The highest BCUT2D eigenvalue weighted by atomic mass is 16.4. The van der Waals surface area contributed by atoms with Crippen LogP contribution in [0.15, 0.2) is 18.5 Å². The fourth-order valence-corrected chi connectivity index (χ4v) is 2.92. The maximum Gasteiger partial charge on any atom is 0.326 e. The van der Waals surface area contributed by atoms with Crippen molar-refractivity contribution >= 4 is 22.9 Å². The minimum Gasteiger partial charge on any atom is -0.480 e. The number of carboxylic acids is 1. The second-order valence-electron chi connectivity index (χ2n) is 6.91. The van der Waals surface area contributed by atoms with Crippen molar-refractivity contribution in [2.45, 2.75) is 58.7 Å². The molecule has 0 spiro atoms. The van der Waals surface area contributed by atoms with Gasteiger partial charge in [0.15, 0.2) is 0 Å². The summed E-state index contributed by atoms with van der Waals surface area (Å²) in [6.45, 7) is 6.17. The van der Waals surface area contributed by atoms with E-state index < -0.39 is 24.0 Å². The molecule has 2 atom stereocenters. The predicted octanol–water partition coefficient (Wildman–Crippen LogP) is 1.50. The summed E-state index contributed by atoms with van der Waals surface area (Å²) in [6.07, 6.45) is 3.10. The molecular formula is C18H26N4O4. The van der Waals surface area contributed by atoms with Crippen LogP contribution in [0.3, 0.4) is 0 Å². The second-order valence-corrected chi connectivity index (χ2v) is 6.91. The number of amides is 1. The minimum absolute atomic E-state index is 0.130. The molecule has 0 aliphatic carbocycles. The van der Waals surface area contributed by atoms with Crippen LogP contribution in [-0.2, 0) is 16.1 Å². The van der Waals surface area contributed by atoms with Crippen molar-refractivity contribution in [3.63, 3.8) is 0 Å². The number of hydrogen-bond donors (Lipinski definition) is 3.